The van der Waals surface area contributed by atoms with Gasteiger partial charge in [-0.25, -0.2) is 0 Å². The summed E-state index contributed by atoms with van der Waals surface area (Å²) in [6.07, 6.45) is -3.19. The molecule has 2 aliphatic rings. The maximum atomic E-state index is 12.7. The van der Waals surface area contributed by atoms with Crippen molar-refractivity contribution in [1.29, 1.82) is 0 Å². The Morgan fingerprint density at radius 3 is 2.48 bits per heavy atom. The van der Waals surface area contributed by atoms with Crippen LogP contribution in [0, 0.1) is 5.92 Å². The Morgan fingerprint density at radius 1 is 1.19 bits per heavy atom. The quantitative estimate of drug-likeness (QED) is 0.853. The lowest BCUT2D eigenvalue weighted by Crippen LogP contribution is -2.55. The predicted molar refractivity (Wildman–Crippen MR) is 70.0 cm³/mol. The molecule has 2 heterocycles. The fourth-order valence-electron chi connectivity index (χ4n) is 3.14. The molecule has 0 amide bonds. The zero-order valence-electron chi connectivity index (χ0n) is 11.3. The molecule has 0 radical (unpaired) electrons. The van der Waals surface area contributed by atoms with Gasteiger partial charge in [-0.1, -0.05) is 12.1 Å². The van der Waals surface area contributed by atoms with Crippen molar-refractivity contribution in [2.24, 2.45) is 5.92 Å². The number of rotatable bonds is 2. The van der Waals surface area contributed by atoms with E-state index in [4.69, 9.17) is 4.74 Å². The fourth-order valence-corrected chi connectivity index (χ4v) is 3.14. The zero-order valence-corrected chi connectivity index (χ0v) is 11.3. The van der Waals surface area contributed by atoms with Crippen LogP contribution in [-0.4, -0.2) is 31.1 Å². The standard InChI is InChI=1S/C15H16F3NO2/c16-15(17,18)11-3-1-2-9(4-11)14(20)10-5-12-7-21-8-13(6-10)19-12/h1-4,10,12-13,19H,5-8H2. The molecule has 21 heavy (non-hydrogen) atoms. The maximum absolute atomic E-state index is 12.7. The van der Waals surface area contributed by atoms with Crippen LogP contribution in [0.2, 0.25) is 0 Å². The largest absolute Gasteiger partial charge is 0.416 e. The van der Waals surface area contributed by atoms with Gasteiger partial charge in [-0.05, 0) is 25.0 Å². The van der Waals surface area contributed by atoms with Crippen molar-refractivity contribution in [1.82, 2.24) is 5.32 Å². The highest BCUT2D eigenvalue weighted by Crippen LogP contribution is 2.32. The Bertz CT molecular complexity index is 532. The van der Waals surface area contributed by atoms with Gasteiger partial charge in [-0.15, -0.1) is 0 Å². The van der Waals surface area contributed by atoms with E-state index in [2.05, 4.69) is 5.32 Å². The van der Waals surface area contributed by atoms with Crippen LogP contribution < -0.4 is 5.32 Å². The molecule has 2 fully saturated rings. The summed E-state index contributed by atoms with van der Waals surface area (Å²) in [7, 11) is 0. The van der Waals surface area contributed by atoms with Gasteiger partial charge in [0.15, 0.2) is 5.78 Å². The van der Waals surface area contributed by atoms with Crippen molar-refractivity contribution < 1.29 is 22.7 Å². The van der Waals surface area contributed by atoms with Crippen LogP contribution in [0.3, 0.4) is 0 Å². The number of carbonyl (C=O) groups is 1. The molecule has 114 valence electrons. The lowest BCUT2D eigenvalue weighted by atomic mass is 9.82. The molecule has 0 aromatic heterocycles. The highest BCUT2D eigenvalue weighted by Gasteiger charge is 2.36. The predicted octanol–water partition coefficient (Wildman–Crippen LogP) is 2.66. The third kappa shape index (κ3) is 3.11. The van der Waals surface area contributed by atoms with Gasteiger partial charge < -0.3 is 10.1 Å². The molecule has 2 atom stereocenters. The zero-order chi connectivity index (χ0) is 15.0. The minimum Gasteiger partial charge on any atom is -0.378 e. The van der Waals surface area contributed by atoms with Crippen LogP contribution in [0.4, 0.5) is 13.2 Å². The molecule has 1 aromatic rings. The number of hydrogen-bond donors (Lipinski definition) is 1. The van der Waals surface area contributed by atoms with Gasteiger partial charge in [0, 0.05) is 23.6 Å². The summed E-state index contributed by atoms with van der Waals surface area (Å²) < 4.78 is 43.6. The van der Waals surface area contributed by atoms with Crippen molar-refractivity contribution in [3.8, 4) is 0 Å². The smallest absolute Gasteiger partial charge is 0.378 e. The summed E-state index contributed by atoms with van der Waals surface area (Å²) in [5, 5.41) is 3.37. The molecule has 2 bridgehead atoms. The highest BCUT2D eigenvalue weighted by atomic mass is 19.4. The first kappa shape index (κ1) is 14.5. The lowest BCUT2D eigenvalue weighted by molar-refractivity contribution is -0.137. The van der Waals surface area contributed by atoms with Gasteiger partial charge in [-0.3, -0.25) is 4.79 Å². The van der Waals surface area contributed by atoms with Gasteiger partial charge in [0.2, 0.25) is 0 Å². The van der Waals surface area contributed by atoms with Crippen LogP contribution in [0.5, 0.6) is 0 Å². The number of Topliss-reactive ketones (excluding diaryl/α,β-unsaturated/α-hetero) is 1. The van der Waals surface area contributed by atoms with Crippen LogP contribution in [-0.2, 0) is 10.9 Å². The Kier molecular flexibility index (Phi) is 3.75. The second kappa shape index (κ2) is 5.42. The van der Waals surface area contributed by atoms with Gasteiger partial charge in [-0.2, -0.15) is 13.2 Å². The highest BCUT2D eigenvalue weighted by molar-refractivity contribution is 5.98. The lowest BCUT2D eigenvalue weighted by Gasteiger charge is -2.39. The summed E-state index contributed by atoms with van der Waals surface area (Å²) in [4.78, 5) is 12.5. The normalized spacial score (nSPS) is 29.2. The molecule has 2 saturated heterocycles. The minimum absolute atomic E-state index is 0.122. The molecule has 1 N–H and O–H groups in total. The molecule has 0 saturated carbocycles. The molecular weight excluding hydrogens is 283 g/mol. The van der Waals surface area contributed by atoms with E-state index in [0.29, 0.717) is 26.1 Å². The molecule has 2 aliphatic heterocycles. The number of ether oxygens (including phenoxy) is 1. The second-order valence-electron chi connectivity index (χ2n) is 5.71. The number of piperidine rings is 1. The first-order valence-corrected chi connectivity index (χ1v) is 6.99. The number of alkyl halides is 3. The molecule has 0 aliphatic carbocycles. The van der Waals surface area contributed by atoms with Crippen molar-refractivity contribution in [3.63, 3.8) is 0 Å². The Hall–Kier alpha value is -1.40. The topological polar surface area (TPSA) is 38.3 Å². The number of nitrogens with one attached hydrogen (secondary N) is 1. The number of carbonyl (C=O) groups excluding carboxylic acids is 1. The SMILES string of the molecule is O=C(c1cccc(C(F)(F)F)c1)C1CC2COCC(C1)N2. The average molecular weight is 299 g/mol. The molecule has 1 aromatic carbocycles. The van der Waals surface area contributed by atoms with E-state index in [-0.39, 0.29) is 29.3 Å². The number of hydrogen-bond acceptors (Lipinski definition) is 3. The first-order chi connectivity index (χ1) is 9.93. The van der Waals surface area contributed by atoms with Gasteiger partial charge in [0.25, 0.3) is 0 Å². The van der Waals surface area contributed by atoms with E-state index in [0.717, 1.165) is 12.1 Å². The van der Waals surface area contributed by atoms with Gasteiger partial charge in [0.1, 0.15) is 0 Å². The first-order valence-electron chi connectivity index (χ1n) is 6.99. The van der Waals surface area contributed by atoms with E-state index in [1.54, 1.807) is 0 Å². The Labute approximate surface area is 120 Å². The fraction of sp³-hybridized carbons (Fsp3) is 0.533. The Morgan fingerprint density at radius 2 is 1.86 bits per heavy atom. The van der Waals surface area contributed by atoms with E-state index in [1.807, 2.05) is 0 Å². The summed E-state index contributed by atoms with van der Waals surface area (Å²) in [6.45, 7) is 1.12. The molecule has 0 spiro atoms. The summed E-state index contributed by atoms with van der Waals surface area (Å²) >= 11 is 0. The summed E-state index contributed by atoms with van der Waals surface area (Å²) in [5.41, 5.74) is -0.624. The van der Waals surface area contributed by atoms with Crippen molar-refractivity contribution in [3.05, 3.63) is 35.4 Å². The summed E-state index contributed by atoms with van der Waals surface area (Å²) in [6, 6.07) is 4.94. The maximum Gasteiger partial charge on any atom is 0.416 e. The van der Waals surface area contributed by atoms with Crippen molar-refractivity contribution in [2.45, 2.75) is 31.1 Å². The van der Waals surface area contributed by atoms with E-state index in [1.165, 1.54) is 12.1 Å². The third-order valence-electron chi connectivity index (χ3n) is 4.09. The monoisotopic (exact) mass is 299 g/mol. The number of morpholine rings is 1. The molecule has 3 nitrogen and oxygen atoms in total. The third-order valence-corrected chi connectivity index (χ3v) is 4.09. The van der Waals surface area contributed by atoms with E-state index in [9.17, 15) is 18.0 Å². The number of halogens is 3. The van der Waals surface area contributed by atoms with Crippen LogP contribution in [0.15, 0.2) is 24.3 Å². The van der Waals surface area contributed by atoms with Crippen molar-refractivity contribution in [2.75, 3.05) is 13.2 Å². The molecular formula is C15H16F3NO2. The minimum atomic E-state index is -4.42. The molecule has 3 rings (SSSR count). The van der Waals surface area contributed by atoms with Gasteiger partial charge in [0.05, 0.1) is 18.8 Å². The van der Waals surface area contributed by atoms with Crippen LogP contribution in [0.25, 0.3) is 0 Å². The van der Waals surface area contributed by atoms with E-state index < -0.39 is 11.7 Å². The van der Waals surface area contributed by atoms with Crippen LogP contribution >= 0.6 is 0 Å². The van der Waals surface area contributed by atoms with Gasteiger partial charge >= 0.3 is 6.18 Å². The number of ketones is 1. The molecule has 6 heteroatoms. The Balaban J connectivity index is 1.79. The van der Waals surface area contributed by atoms with Crippen molar-refractivity contribution >= 4 is 5.78 Å². The second-order valence-corrected chi connectivity index (χ2v) is 5.71. The van der Waals surface area contributed by atoms with E-state index >= 15 is 0 Å². The number of fused-ring (bicyclic) bond motifs is 2. The number of benzene rings is 1. The van der Waals surface area contributed by atoms with Crippen LogP contribution in [0.1, 0.15) is 28.8 Å². The molecule has 2 unspecified atom stereocenters. The average Bonchev–Trinajstić information content (AvgIpc) is 2.45. The summed E-state index contributed by atoms with van der Waals surface area (Å²) in [5.74, 6) is -0.423.